The molecule has 0 aliphatic rings. The number of ketones is 1. The van der Waals surface area contributed by atoms with Crippen LogP contribution in [0.5, 0.6) is 0 Å². The smallest absolute Gasteiger partial charge is 0.339 e. The van der Waals surface area contributed by atoms with Crippen molar-refractivity contribution in [2.75, 3.05) is 6.61 Å². The number of rotatable bonds is 9. The zero-order valence-corrected chi connectivity index (χ0v) is 15.9. The SMILES string of the molecule is CC(=O)[C@@H](Cc1ccccc1)NC(=O)COC(=O)c1ccccc1SC(F)F. The van der Waals surface area contributed by atoms with Crippen LogP contribution in [0, 0.1) is 0 Å². The number of amides is 1. The Morgan fingerprint density at radius 2 is 1.68 bits per heavy atom. The van der Waals surface area contributed by atoms with Crippen LogP contribution in [0.3, 0.4) is 0 Å². The highest BCUT2D eigenvalue weighted by Crippen LogP contribution is 2.28. The number of benzene rings is 2. The first-order valence-corrected chi connectivity index (χ1v) is 9.29. The molecule has 2 rings (SSSR count). The van der Waals surface area contributed by atoms with Crippen molar-refractivity contribution in [3.63, 3.8) is 0 Å². The third-order valence-electron chi connectivity index (χ3n) is 3.77. The number of carbonyl (C=O) groups is 3. The second-order valence-corrected chi connectivity index (χ2v) is 6.90. The largest absolute Gasteiger partial charge is 0.452 e. The van der Waals surface area contributed by atoms with Gasteiger partial charge in [-0.15, -0.1) is 0 Å². The molecule has 8 heteroatoms. The summed E-state index contributed by atoms with van der Waals surface area (Å²) in [6.07, 6.45) is 0.309. The fraction of sp³-hybridized carbons (Fsp3) is 0.250. The molecule has 0 aliphatic heterocycles. The van der Waals surface area contributed by atoms with E-state index in [4.69, 9.17) is 4.74 Å². The molecule has 0 fully saturated rings. The standard InChI is InChI=1S/C20H19F2NO4S/c1-13(24)16(11-14-7-3-2-4-8-14)23-18(25)12-27-19(26)15-9-5-6-10-17(15)28-20(21)22/h2-10,16,20H,11-12H2,1H3,(H,23,25)/t16-/m1/s1. The lowest BCUT2D eigenvalue weighted by Crippen LogP contribution is -2.43. The van der Waals surface area contributed by atoms with E-state index in [1.165, 1.54) is 31.2 Å². The average Bonchev–Trinajstić information content (AvgIpc) is 2.66. The molecule has 2 aromatic rings. The number of carbonyl (C=O) groups excluding carboxylic acids is 3. The van der Waals surface area contributed by atoms with Gasteiger partial charge in [-0.2, -0.15) is 8.78 Å². The molecule has 0 saturated heterocycles. The Balaban J connectivity index is 1.93. The highest BCUT2D eigenvalue weighted by atomic mass is 32.2. The van der Waals surface area contributed by atoms with E-state index in [9.17, 15) is 23.2 Å². The molecule has 0 radical (unpaired) electrons. The van der Waals surface area contributed by atoms with Gasteiger partial charge in [-0.05, 0) is 31.0 Å². The van der Waals surface area contributed by atoms with Gasteiger partial charge in [0.05, 0.1) is 11.6 Å². The van der Waals surface area contributed by atoms with Crippen molar-refractivity contribution in [1.29, 1.82) is 0 Å². The van der Waals surface area contributed by atoms with Crippen LogP contribution in [0.1, 0.15) is 22.8 Å². The van der Waals surface area contributed by atoms with Gasteiger partial charge in [0, 0.05) is 4.90 Å². The summed E-state index contributed by atoms with van der Waals surface area (Å²) in [5.41, 5.74) is 0.825. The van der Waals surface area contributed by atoms with Crippen molar-refractivity contribution in [1.82, 2.24) is 5.32 Å². The van der Waals surface area contributed by atoms with Gasteiger partial charge >= 0.3 is 5.97 Å². The molecule has 1 atom stereocenters. The van der Waals surface area contributed by atoms with E-state index in [-0.39, 0.29) is 28.0 Å². The Kier molecular flexibility index (Phi) is 8.13. The molecule has 2 aromatic carbocycles. The minimum atomic E-state index is -2.69. The summed E-state index contributed by atoms with van der Waals surface area (Å²) in [4.78, 5) is 36.1. The maximum atomic E-state index is 12.6. The van der Waals surface area contributed by atoms with Crippen LogP contribution in [0.15, 0.2) is 59.5 Å². The molecule has 0 heterocycles. The molecule has 148 valence electrons. The molecule has 0 saturated carbocycles. The Bertz CT molecular complexity index is 830. The van der Waals surface area contributed by atoms with Crippen LogP contribution in [-0.4, -0.2) is 36.1 Å². The molecule has 0 aromatic heterocycles. The van der Waals surface area contributed by atoms with Crippen LogP contribution >= 0.6 is 11.8 Å². The van der Waals surface area contributed by atoms with E-state index >= 15 is 0 Å². The number of ether oxygens (including phenoxy) is 1. The van der Waals surface area contributed by atoms with Crippen molar-refractivity contribution in [3.05, 3.63) is 65.7 Å². The predicted molar refractivity (Wildman–Crippen MR) is 101 cm³/mol. The van der Waals surface area contributed by atoms with Crippen molar-refractivity contribution in [3.8, 4) is 0 Å². The molecule has 0 spiro atoms. The quantitative estimate of drug-likeness (QED) is 0.509. The first kappa shape index (κ1) is 21.6. The molecule has 0 unspecified atom stereocenters. The highest BCUT2D eigenvalue weighted by molar-refractivity contribution is 7.99. The monoisotopic (exact) mass is 407 g/mol. The van der Waals surface area contributed by atoms with Crippen LogP contribution in [0.25, 0.3) is 0 Å². The van der Waals surface area contributed by atoms with Crippen LogP contribution in [-0.2, 0) is 20.7 Å². The van der Waals surface area contributed by atoms with E-state index in [1.807, 2.05) is 30.3 Å². The number of nitrogens with one attached hydrogen (secondary N) is 1. The Morgan fingerprint density at radius 1 is 1.04 bits per heavy atom. The molecular weight excluding hydrogens is 388 g/mol. The summed E-state index contributed by atoms with van der Waals surface area (Å²) in [6.45, 7) is 0.739. The molecule has 5 nitrogen and oxygen atoms in total. The van der Waals surface area contributed by atoms with Gasteiger partial charge in [0.1, 0.15) is 0 Å². The van der Waals surface area contributed by atoms with Gasteiger partial charge in [-0.1, -0.05) is 54.2 Å². The average molecular weight is 407 g/mol. The van der Waals surface area contributed by atoms with Gasteiger partial charge in [0.15, 0.2) is 12.4 Å². The number of thioether (sulfide) groups is 1. The van der Waals surface area contributed by atoms with E-state index in [0.29, 0.717) is 6.42 Å². The highest BCUT2D eigenvalue weighted by Gasteiger charge is 2.20. The lowest BCUT2D eigenvalue weighted by Gasteiger charge is -2.16. The normalized spacial score (nSPS) is 11.7. The number of hydrogen-bond donors (Lipinski definition) is 1. The van der Waals surface area contributed by atoms with Gasteiger partial charge < -0.3 is 10.1 Å². The molecule has 1 N–H and O–H groups in total. The molecule has 1 amide bonds. The second kappa shape index (κ2) is 10.6. The minimum Gasteiger partial charge on any atom is -0.452 e. The van der Waals surface area contributed by atoms with Crippen LogP contribution < -0.4 is 5.32 Å². The lowest BCUT2D eigenvalue weighted by molar-refractivity contribution is -0.128. The Labute approximate surface area is 165 Å². The minimum absolute atomic E-state index is 0.0481. The Hall–Kier alpha value is -2.74. The van der Waals surface area contributed by atoms with Crippen molar-refractivity contribution in [2.45, 2.75) is 30.0 Å². The maximum absolute atomic E-state index is 12.6. The molecule has 0 bridgehead atoms. The van der Waals surface area contributed by atoms with Crippen LogP contribution in [0.4, 0.5) is 8.78 Å². The van der Waals surface area contributed by atoms with Gasteiger partial charge in [0.25, 0.3) is 11.7 Å². The number of alkyl halides is 2. The second-order valence-electron chi connectivity index (χ2n) is 5.87. The third kappa shape index (κ3) is 6.77. The topological polar surface area (TPSA) is 72.5 Å². The van der Waals surface area contributed by atoms with Crippen molar-refractivity contribution in [2.24, 2.45) is 0 Å². The summed E-state index contributed by atoms with van der Waals surface area (Å²) in [5, 5.41) is 2.53. The first-order valence-electron chi connectivity index (χ1n) is 8.41. The summed E-state index contributed by atoms with van der Waals surface area (Å²) >= 11 is 0.224. The van der Waals surface area contributed by atoms with Gasteiger partial charge in [-0.25, -0.2) is 4.79 Å². The summed E-state index contributed by atoms with van der Waals surface area (Å²) in [7, 11) is 0. The van der Waals surface area contributed by atoms with Crippen molar-refractivity contribution < 1.29 is 27.9 Å². The fourth-order valence-corrected chi connectivity index (χ4v) is 3.05. The Morgan fingerprint density at radius 3 is 2.32 bits per heavy atom. The fourth-order valence-electron chi connectivity index (χ4n) is 2.43. The number of hydrogen-bond acceptors (Lipinski definition) is 5. The number of halogens is 2. The number of esters is 1. The van der Waals surface area contributed by atoms with Crippen molar-refractivity contribution >= 4 is 29.4 Å². The van der Waals surface area contributed by atoms with E-state index < -0.39 is 30.3 Å². The molecule has 0 aliphatic carbocycles. The zero-order valence-electron chi connectivity index (χ0n) is 15.1. The van der Waals surface area contributed by atoms with E-state index in [2.05, 4.69) is 5.32 Å². The van der Waals surface area contributed by atoms with Gasteiger partial charge in [-0.3, -0.25) is 9.59 Å². The van der Waals surface area contributed by atoms with Gasteiger partial charge in [0.2, 0.25) is 0 Å². The molecular formula is C20H19F2NO4S. The lowest BCUT2D eigenvalue weighted by atomic mass is 10.0. The summed E-state index contributed by atoms with van der Waals surface area (Å²) in [5.74, 6) is -4.46. The zero-order chi connectivity index (χ0) is 20.5. The first-order chi connectivity index (χ1) is 13.4. The van der Waals surface area contributed by atoms with E-state index in [1.54, 1.807) is 0 Å². The maximum Gasteiger partial charge on any atom is 0.339 e. The summed E-state index contributed by atoms with van der Waals surface area (Å²) in [6, 6.07) is 14.2. The van der Waals surface area contributed by atoms with Crippen LogP contribution in [0.2, 0.25) is 0 Å². The predicted octanol–water partition coefficient (Wildman–Crippen LogP) is 3.47. The molecule has 28 heavy (non-hydrogen) atoms. The number of Topliss-reactive ketones (excluding diaryl/α,β-unsaturated/α-hetero) is 1. The summed E-state index contributed by atoms with van der Waals surface area (Å²) < 4.78 is 30.1. The van der Waals surface area contributed by atoms with E-state index in [0.717, 1.165) is 5.56 Å². The third-order valence-corrected chi connectivity index (χ3v) is 4.55.